The second kappa shape index (κ2) is 8.17. The molecule has 5 rings (SSSR count). The third-order valence-corrected chi connectivity index (χ3v) is 6.21. The van der Waals surface area contributed by atoms with Gasteiger partial charge in [-0.3, -0.25) is 9.69 Å². The van der Waals surface area contributed by atoms with Crippen molar-refractivity contribution in [2.75, 3.05) is 26.4 Å². The van der Waals surface area contributed by atoms with E-state index >= 15 is 0 Å². The first-order chi connectivity index (χ1) is 14.7. The topological polar surface area (TPSA) is 42.0 Å². The van der Waals surface area contributed by atoms with Gasteiger partial charge in [0, 0.05) is 50.2 Å². The summed E-state index contributed by atoms with van der Waals surface area (Å²) in [7, 11) is 0. The second-order valence-corrected chi connectivity index (χ2v) is 8.18. The van der Waals surface area contributed by atoms with Crippen LogP contribution in [0.5, 0.6) is 11.5 Å². The van der Waals surface area contributed by atoms with Gasteiger partial charge in [-0.25, -0.2) is 0 Å². The average molecular weight is 423 g/mol. The molecule has 1 amide bonds. The van der Waals surface area contributed by atoms with Gasteiger partial charge < -0.3 is 14.4 Å². The van der Waals surface area contributed by atoms with Gasteiger partial charge >= 0.3 is 0 Å². The fourth-order valence-corrected chi connectivity index (χ4v) is 4.41. The van der Waals surface area contributed by atoms with Crippen LogP contribution in [0, 0.1) is 0 Å². The zero-order valence-corrected chi connectivity index (χ0v) is 17.4. The van der Waals surface area contributed by atoms with Crippen molar-refractivity contribution in [3.05, 3.63) is 70.7 Å². The highest BCUT2D eigenvalue weighted by Gasteiger charge is 2.24. The minimum atomic E-state index is 0.157. The Morgan fingerprint density at radius 1 is 0.867 bits per heavy atom. The van der Waals surface area contributed by atoms with Gasteiger partial charge in [-0.1, -0.05) is 54.1 Å². The van der Waals surface area contributed by atoms with E-state index in [1.54, 1.807) is 6.07 Å². The molecular weight excluding hydrogens is 400 g/mol. The Hall–Kier alpha value is -2.76. The van der Waals surface area contributed by atoms with Crippen molar-refractivity contribution in [1.82, 2.24) is 9.80 Å². The maximum Gasteiger partial charge on any atom is 0.231 e. The fourth-order valence-electron chi connectivity index (χ4n) is 4.19. The Morgan fingerprint density at radius 3 is 2.57 bits per heavy atom. The van der Waals surface area contributed by atoms with Gasteiger partial charge in [0.25, 0.3) is 0 Å². The van der Waals surface area contributed by atoms with E-state index in [0.717, 1.165) is 25.2 Å². The van der Waals surface area contributed by atoms with Gasteiger partial charge in [-0.15, -0.1) is 0 Å². The molecule has 0 saturated carbocycles. The van der Waals surface area contributed by atoms with E-state index in [-0.39, 0.29) is 12.7 Å². The number of carbonyl (C=O) groups is 1. The summed E-state index contributed by atoms with van der Waals surface area (Å²) in [6.45, 7) is 3.80. The SMILES string of the molecule is O=C1CCN(Cc2cccc3ccccc23)CCN1Cc1cc2c(cc1Cl)OCO2. The Bertz CT molecular complexity index is 1100. The third-order valence-electron chi connectivity index (χ3n) is 5.86. The molecule has 0 radical (unpaired) electrons. The highest BCUT2D eigenvalue weighted by atomic mass is 35.5. The molecule has 0 aliphatic carbocycles. The molecule has 3 aromatic carbocycles. The minimum Gasteiger partial charge on any atom is -0.454 e. The van der Waals surface area contributed by atoms with Gasteiger partial charge in [0.1, 0.15) is 0 Å². The lowest BCUT2D eigenvalue weighted by Crippen LogP contribution is -2.32. The standard InChI is InChI=1S/C24H23ClN2O3/c25-21-13-23-22(29-16-30-23)12-19(21)15-27-11-10-26(9-8-24(27)28)14-18-6-3-5-17-4-1-2-7-20(17)18/h1-7,12-13H,8-11,14-16H2. The van der Waals surface area contributed by atoms with Gasteiger partial charge in [0.05, 0.1) is 0 Å². The number of hydrogen-bond acceptors (Lipinski definition) is 4. The average Bonchev–Trinajstić information content (AvgIpc) is 3.14. The number of hydrogen-bond donors (Lipinski definition) is 0. The van der Waals surface area contributed by atoms with Crippen LogP contribution < -0.4 is 9.47 Å². The molecule has 2 heterocycles. The van der Waals surface area contributed by atoms with Crippen LogP contribution in [-0.2, 0) is 17.9 Å². The van der Waals surface area contributed by atoms with E-state index in [1.165, 1.54) is 16.3 Å². The smallest absolute Gasteiger partial charge is 0.231 e. The number of ether oxygens (including phenoxy) is 2. The molecule has 0 N–H and O–H groups in total. The Morgan fingerprint density at radius 2 is 1.67 bits per heavy atom. The third kappa shape index (κ3) is 3.83. The Balaban J connectivity index is 1.29. The molecule has 30 heavy (non-hydrogen) atoms. The van der Waals surface area contributed by atoms with Gasteiger partial charge in [0.2, 0.25) is 12.7 Å². The van der Waals surface area contributed by atoms with Crippen LogP contribution in [0.2, 0.25) is 5.02 Å². The van der Waals surface area contributed by atoms with Crippen molar-refractivity contribution in [1.29, 1.82) is 0 Å². The maximum absolute atomic E-state index is 12.8. The molecule has 1 fully saturated rings. The van der Waals surface area contributed by atoms with Crippen molar-refractivity contribution < 1.29 is 14.3 Å². The van der Waals surface area contributed by atoms with E-state index in [0.29, 0.717) is 36.0 Å². The van der Waals surface area contributed by atoms with E-state index in [4.69, 9.17) is 21.1 Å². The second-order valence-electron chi connectivity index (χ2n) is 7.78. The van der Waals surface area contributed by atoms with Crippen molar-refractivity contribution in [3.8, 4) is 11.5 Å². The van der Waals surface area contributed by atoms with Crippen LogP contribution in [0.4, 0.5) is 0 Å². The number of rotatable bonds is 4. The summed E-state index contributed by atoms with van der Waals surface area (Å²) in [4.78, 5) is 17.0. The monoisotopic (exact) mass is 422 g/mol. The zero-order chi connectivity index (χ0) is 20.5. The molecule has 0 unspecified atom stereocenters. The first kappa shape index (κ1) is 19.2. The number of amides is 1. The summed E-state index contributed by atoms with van der Waals surface area (Å²) in [5.41, 5.74) is 2.18. The Kier molecular flexibility index (Phi) is 5.23. The summed E-state index contributed by atoms with van der Waals surface area (Å²) in [5, 5.41) is 3.13. The number of carbonyl (C=O) groups excluding carboxylic acids is 1. The van der Waals surface area contributed by atoms with Crippen molar-refractivity contribution in [2.45, 2.75) is 19.5 Å². The summed E-state index contributed by atoms with van der Waals surface area (Å²) in [6.07, 6.45) is 0.507. The van der Waals surface area contributed by atoms with Crippen molar-refractivity contribution in [3.63, 3.8) is 0 Å². The lowest BCUT2D eigenvalue weighted by atomic mass is 10.0. The number of fused-ring (bicyclic) bond motifs is 2. The molecule has 5 nitrogen and oxygen atoms in total. The molecule has 0 aromatic heterocycles. The molecule has 3 aromatic rings. The van der Waals surface area contributed by atoms with Crippen LogP contribution in [-0.4, -0.2) is 42.1 Å². The lowest BCUT2D eigenvalue weighted by Gasteiger charge is -2.23. The minimum absolute atomic E-state index is 0.157. The Labute approximate surface area is 180 Å². The van der Waals surface area contributed by atoms with E-state index < -0.39 is 0 Å². The van der Waals surface area contributed by atoms with Gasteiger partial charge in [-0.05, 0) is 28.0 Å². The number of benzene rings is 3. The molecule has 2 aliphatic heterocycles. The summed E-state index contributed by atoms with van der Waals surface area (Å²) in [5.74, 6) is 1.51. The normalized spacial score (nSPS) is 16.8. The van der Waals surface area contributed by atoms with Crippen LogP contribution in [0.3, 0.4) is 0 Å². The summed E-state index contributed by atoms with van der Waals surface area (Å²) < 4.78 is 10.8. The molecule has 1 saturated heterocycles. The van der Waals surface area contributed by atoms with Crippen LogP contribution in [0.15, 0.2) is 54.6 Å². The van der Waals surface area contributed by atoms with E-state index in [9.17, 15) is 4.79 Å². The van der Waals surface area contributed by atoms with Crippen LogP contribution in [0.1, 0.15) is 17.5 Å². The van der Waals surface area contributed by atoms with Crippen LogP contribution in [0.25, 0.3) is 10.8 Å². The summed E-state index contributed by atoms with van der Waals surface area (Å²) >= 11 is 6.42. The van der Waals surface area contributed by atoms with Crippen molar-refractivity contribution in [2.24, 2.45) is 0 Å². The molecule has 2 aliphatic rings. The largest absolute Gasteiger partial charge is 0.454 e. The molecule has 6 heteroatoms. The maximum atomic E-state index is 12.8. The van der Waals surface area contributed by atoms with Gasteiger partial charge in [0.15, 0.2) is 11.5 Å². The molecule has 154 valence electrons. The lowest BCUT2D eigenvalue weighted by molar-refractivity contribution is -0.130. The molecule has 0 atom stereocenters. The summed E-state index contributed by atoms with van der Waals surface area (Å²) in [6, 6.07) is 18.5. The van der Waals surface area contributed by atoms with Crippen molar-refractivity contribution >= 4 is 28.3 Å². The highest BCUT2D eigenvalue weighted by molar-refractivity contribution is 6.31. The zero-order valence-electron chi connectivity index (χ0n) is 16.6. The predicted molar refractivity (Wildman–Crippen MR) is 117 cm³/mol. The predicted octanol–water partition coefficient (Wildman–Crippen LogP) is 4.46. The number of nitrogens with zero attached hydrogens (tertiary/aromatic N) is 2. The first-order valence-electron chi connectivity index (χ1n) is 10.2. The van der Waals surface area contributed by atoms with E-state index in [2.05, 4.69) is 47.4 Å². The van der Waals surface area contributed by atoms with Crippen LogP contribution >= 0.6 is 11.6 Å². The molecule has 0 bridgehead atoms. The fraction of sp³-hybridized carbons (Fsp3) is 0.292. The first-order valence-corrected chi connectivity index (χ1v) is 10.6. The quantitative estimate of drug-likeness (QED) is 0.622. The molecular formula is C24H23ClN2O3. The molecule has 0 spiro atoms. The highest BCUT2D eigenvalue weighted by Crippen LogP contribution is 2.37. The van der Waals surface area contributed by atoms with E-state index in [1.807, 2.05) is 11.0 Å². The van der Waals surface area contributed by atoms with Gasteiger partial charge in [-0.2, -0.15) is 0 Å². The number of halogens is 1.